The van der Waals surface area contributed by atoms with Crippen molar-refractivity contribution in [2.45, 2.75) is 18.7 Å². The van der Waals surface area contributed by atoms with Crippen LogP contribution in [0.4, 0.5) is 0 Å². The van der Waals surface area contributed by atoms with Gasteiger partial charge in [-0.25, -0.2) is 0 Å². The normalized spacial score (nSPS) is 11.9. The molecule has 0 bridgehead atoms. The highest BCUT2D eigenvalue weighted by atomic mass is 32.2. The second kappa shape index (κ2) is 7.68. The van der Waals surface area contributed by atoms with E-state index in [0.29, 0.717) is 11.3 Å². The minimum atomic E-state index is -4.24. The van der Waals surface area contributed by atoms with E-state index in [9.17, 15) is 13.2 Å². The summed E-state index contributed by atoms with van der Waals surface area (Å²) in [5.74, 6) is 1.32. The van der Waals surface area contributed by atoms with Gasteiger partial charge in [-0.1, -0.05) is 30.3 Å². The van der Waals surface area contributed by atoms with Crippen LogP contribution in [-0.2, 0) is 10.1 Å². The Balaban J connectivity index is 1.74. The zero-order chi connectivity index (χ0) is 21.3. The standard InChI is InChI=1S/C23H19NO5S/c1-16-13-20(9-11-21-10-7-17(2)28-21)24(23(25)14-16)29-30(26,27)22-12-8-18-5-3-4-6-19(18)15-22/h3-15H,1-2H3. The van der Waals surface area contributed by atoms with Crippen molar-refractivity contribution in [1.82, 2.24) is 4.73 Å². The Hall–Kier alpha value is -3.58. The topological polar surface area (TPSA) is 78.5 Å². The Morgan fingerprint density at radius 2 is 1.67 bits per heavy atom. The van der Waals surface area contributed by atoms with Gasteiger partial charge < -0.3 is 4.42 Å². The van der Waals surface area contributed by atoms with E-state index in [1.165, 1.54) is 18.2 Å². The molecule has 0 aliphatic heterocycles. The highest BCUT2D eigenvalue weighted by molar-refractivity contribution is 7.87. The lowest BCUT2D eigenvalue weighted by Gasteiger charge is -2.12. The van der Waals surface area contributed by atoms with E-state index < -0.39 is 15.7 Å². The number of aryl methyl sites for hydroxylation is 2. The van der Waals surface area contributed by atoms with Crippen LogP contribution in [-0.4, -0.2) is 13.1 Å². The quantitative estimate of drug-likeness (QED) is 0.483. The second-order valence-corrected chi connectivity index (χ2v) is 8.44. The van der Waals surface area contributed by atoms with E-state index in [1.807, 2.05) is 37.3 Å². The Bertz CT molecular complexity index is 1430. The molecule has 152 valence electrons. The molecule has 0 radical (unpaired) electrons. The summed E-state index contributed by atoms with van der Waals surface area (Å²) in [7, 11) is -4.24. The molecule has 0 N–H and O–H groups in total. The largest absolute Gasteiger partial charge is 0.462 e. The molecule has 7 heteroatoms. The van der Waals surface area contributed by atoms with Gasteiger partial charge in [-0.3, -0.25) is 9.08 Å². The fourth-order valence-electron chi connectivity index (χ4n) is 3.08. The van der Waals surface area contributed by atoms with Crippen molar-refractivity contribution in [3.05, 3.63) is 99.9 Å². The molecule has 0 saturated heterocycles. The van der Waals surface area contributed by atoms with Crippen molar-refractivity contribution in [3.8, 4) is 0 Å². The molecular weight excluding hydrogens is 402 g/mol. The van der Waals surface area contributed by atoms with Gasteiger partial charge in [0.15, 0.2) is 0 Å². The highest BCUT2D eigenvalue weighted by Crippen LogP contribution is 2.20. The Labute approximate surface area is 173 Å². The van der Waals surface area contributed by atoms with Crippen LogP contribution in [0.2, 0.25) is 0 Å². The zero-order valence-corrected chi connectivity index (χ0v) is 17.2. The smallest absolute Gasteiger partial charge is 0.357 e. The maximum atomic E-state index is 12.9. The summed E-state index contributed by atoms with van der Waals surface area (Å²) in [5.41, 5.74) is 0.367. The lowest BCUT2D eigenvalue weighted by Crippen LogP contribution is -2.32. The summed E-state index contributed by atoms with van der Waals surface area (Å²) in [6.45, 7) is 3.57. The number of fused-ring (bicyclic) bond motifs is 1. The van der Waals surface area contributed by atoms with Gasteiger partial charge in [0.25, 0.3) is 5.56 Å². The maximum Gasteiger partial charge on any atom is 0.357 e. The first kappa shape index (κ1) is 19.7. The molecule has 0 fully saturated rings. The van der Waals surface area contributed by atoms with Crippen molar-refractivity contribution < 1.29 is 17.1 Å². The van der Waals surface area contributed by atoms with Crippen LogP contribution in [0, 0.1) is 13.8 Å². The number of furan rings is 1. The van der Waals surface area contributed by atoms with Crippen molar-refractivity contribution in [3.63, 3.8) is 0 Å². The van der Waals surface area contributed by atoms with E-state index in [0.717, 1.165) is 21.3 Å². The first-order chi connectivity index (χ1) is 14.3. The first-order valence-corrected chi connectivity index (χ1v) is 10.6. The lowest BCUT2D eigenvalue weighted by molar-refractivity contribution is 0.264. The lowest BCUT2D eigenvalue weighted by atomic mass is 10.1. The maximum absolute atomic E-state index is 12.9. The molecule has 0 atom stereocenters. The summed E-state index contributed by atoms with van der Waals surface area (Å²) < 4.78 is 37.3. The minimum Gasteiger partial charge on any atom is -0.462 e. The molecule has 0 amide bonds. The monoisotopic (exact) mass is 421 g/mol. The van der Waals surface area contributed by atoms with E-state index in [4.69, 9.17) is 8.70 Å². The molecule has 4 rings (SSSR count). The number of pyridine rings is 1. The fourth-order valence-corrected chi connectivity index (χ4v) is 4.03. The SMILES string of the molecule is Cc1cc(C=Cc2ccc(C)o2)n(OS(=O)(=O)c2ccc3ccccc3c2)c(=O)c1. The summed E-state index contributed by atoms with van der Waals surface area (Å²) in [6.07, 6.45) is 3.21. The molecule has 0 aliphatic rings. The molecule has 4 aromatic rings. The number of aromatic nitrogens is 1. The third-order valence-corrected chi connectivity index (χ3v) is 5.70. The van der Waals surface area contributed by atoms with Gasteiger partial charge in [0.2, 0.25) is 0 Å². The van der Waals surface area contributed by atoms with Crippen molar-refractivity contribution in [1.29, 1.82) is 0 Å². The number of hydrogen-bond acceptors (Lipinski definition) is 5. The number of nitrogens with zero attached hydrogens (tertiary/aromatic N) is 1. The Morgan fingerprint density at radius 3 is 2.40 bits per heavy atom. The van der Waals surface area contributed by atoms with Gasteiger partial charge in [0.05, 0.1) is 5.69 Å². The molecule has 0 spiro atoms. The third kappa shape index (κ3) is 4.06. The number of rotatable bonds is 5. The summed E-state index contributed by atoms with van der Waals surface area (Å²) in [5, 5.41) is 1.66. The summed E-state index contributed by atoms with van der Waals surface area (Å²) in [6, 6.07) is 18.6. The fraction of sp³-hybridized carbons (Fsp3) is 0.0870. The molecule has 2 heterocycles. The average molecular weight is 421 g/mol. The molecule has 0 aliphatic carbocycles. The minimum absolute atomic E-state index is 0.0368. The van der Waals surface area contributed by atoms with Gasteiger partial charge in [0, 0.05) is 6.07 Å². The van der Waals surface area contributed by atoms with Gasteiger partial charge >= 0.3 is 10.1 Å². The molecule has 0 unspecified atom stereocenters. The first-order valence-electron chi connectivity index (χ1n) is 9.24. The van der Waals surface area contributed by atoms with Crippen LogP contribution in [0.25, 0.3) is 22.9 Å². The summed E-state index contributed by atoms with van der Waals surface area (Å²) >= 11 is 0. The Morgan fingerprint density at radius 1 is 0.900 bits per heavy atom. The molecular formula is C23H19NO5S. The third-order valence-electron chi connectivity index (χ3n) is 4.52. The van der Waals surface area contributed by atoms with E-state index in [1.54, 1.807) is 37.3 Å². The van der Waals surface area contributed by atoms with Crippen LogP contribution in [0.1, 0.15) is 22.8 Å². The van der Waals surface area contributed by atoms with Crippen LogP contribution < -0.4 is 9.84 Å². The number of benzene rings is 2. The highest BCUT2D eigenvalue weighted by Gasteiger charge is 2.20. The average Bonchev–Trinajstić information content (AvgIpc) is 3.13. The molecule has 30 heavy (non-hydrogen) atoms. The van der Waals surface area contributed by atoms with Crippen LogP contribution >= 0.6 is 0 Å². The number of hydrogen-bond donors (Lipinski definition) is 0. The zero-order valence-electron chi connectivity index (χ0n) is 16.4. The predicted molar refractivity (Wildman–Crippen MR) is 116 cm³/mol. The van der Waals surface area contributed by atoms with Crippen molar-refractivity contribution in [2.75, 3.05) is 0 Å². The van der Waals surface area contributed by atoms with Gasteiger partial charge in [-0.15, -0.1) is 4.73 Å². The molecule has 6 nitrogen and oxygen atoms in total. The van der Waals surface area contributed by atoms with Crippen molar-refractivity contribution in [2.24, 2.45) is 0 Å². The van der Waals surface area contributed by atoms with Crippen LogP contribution in [0.3, 0.4) is 0 Å². The van der Waals surface area contributed by atoms with E-state index >= 15 is 0 Å². The Kier molecular flexibility index (Phi) is 5.05. The van der Waals surface area contributed by atoms with Gasteiger partial charge in [0.1, 0.15) is 16.4 Å². The van der Waals surface area contributed by atoms with Gasteiger partial charge in [-0.05, 0) is 72.7 Å². The van der Waals surface area contributed by atoms with Crippen LogP contribution in [0.5, 0.6) is 0 Å². The van der Waals surface area contributed by atoms with Crippen LogP contribution in [0.15, 0.2) is 80.8 Å². The summed E-state index contributed by atoms with van der Waals surface area (Å²) in [4.78, 5) is 12.5. The van der Waals surface area contributed by atoms with E-state index in [-0.39, 0.29) is 10.6 Å². The molecule has 2 aromatic heterocycles. The van der Waals surface area contributed by atoms with E-state index in [2.05, 4.69) is 0 Å². The molecule has 0 saturated carbocycles. The second-order valence-electron chi connectivity index (χ2n) is 6.91. The van der Waals surface area contributed by atoms with Gasteiger partial charge in [-0.2, -0.15) is 8.42 Å². The predicted octanol–water partition coefficient (Wildman–Crippen LogP) is 4.20. The molecule has 2 aromatic carbocycles. The van der Waals surface area contributed by atoms with Crippen molar-refractivity contribution >= 4 is 33.0 Å².